The molecular weight excluding hydrogens is 455 g/mol. The first-order valence-electron chi connectivity index (χ1n) is 10.9. The highest BCUT2D eigenvalue weighted by atomic mass is 35.5. The molecular formula is C26H24Cl2N4O. The Morgan fingerprint density at radius 3 is 2.39 bits per heavy atom. The molecule has 0 aliphatic heterocycles. The van der Waals surface area contributed by atoms with E-state index < -0.39 is 0 Å². The molecule has 0 aromatic heterocycles. The van der Waals surface area contributed by atoms with Crippen molar-refractivity contribution in [3.63, 3.8) is 0 Å². The van der Waals surface area contributed by atoms with Gasteiger partial charge >= 0.3 is 6.03 Å². The summed E-state index contributed by atoms with van der Waals surface area (Å²) in [5.41, 5.74) is 3.85. The number of hydrogen-bond donors (Lipinski definition) is 2. The van der Waals surface area contributed by atoms with Gasteiger partial charge < -0.3 is 10.6 Å². The van der Waals surface area contributed by atoms with Gasteiger partial charge in [0.1, 0.15) is 0 Å². The van der Waals surface area contributed by atoms with Gasteiger partial charge in [-0.05, 0) is 78.9 Å². The number of halogens is 2. The lowest BCUT2D eigenvalue weighted by Gasteiger charge is -2.24. The third-order valence-corrected chi connectivity index (χ3v) is 5.94. The van der Waals surface area contributed by atoms with Crippen LogP contribution in [0.5, 0.6) is 0 Å². The molecule has 4 rings (SSSR count). The second-order valence-electron chi connectivity index (χ2n) is 8.13. The number of nitriles is 1. The summed E-state index contributed by atoms with van der Waals surface area (Å²) in [6.07, 6.45) is 2.56. The lowest BCUT2D eigenvalue weighted by molar-refractivity contribution is 0.257. The first kappa shape index (κ1) is 23.1. The second-order valence-corrected chi connectivity index (χ2v) is 9.00. The van der Waals surface area contributed by atoms with Crippen LogP contribution in [0.2, 0.25) is 10.0 Å². The Morgan fingerprint density at radius 2 is 1.73 bits per heavy atom. The van der Waals surface area contributed by atoms with Crippen molar-refractivity contribution in [2.24, 2.45) is 5.92 Å². The molecule has 3 aromatic rings. The van der Waals surface area contributed by atoms with Crippen LogP contribution in [-0.4, -0.2) is 25.7 Å². The predicted molar refractivity (Wildman–Crippen MR) is 135 cm³/mol. The van der Waals surface area contributed by atoms with Gasteiger partial charge in [-0.25, -0.2) is 4.79 Å². The van der Waals surface area contributed by atoms with Crippen molar-refractivity contribution in [1.29, 1.82) is 5.26 Å². The molecule has 0 bridgehead atoms. The zero-order chi connectivity index (χ0) is 23.2. The minimum atomic E-state index is -0.263. The molecule has 0 saturated heterocycles. The molecule has 168 valence electrons. The van der Waals surface area contributed by atoms with E-state index in [0.29, 0.717) is 34.4 Å². The Labute approximate surface area is 203 Å². The molecule has 1 aliphatic carbocycles. The highest BCUT2D eigenvalue weighted by Gasteiger charge is 2.21. The first-order valence-corrected chi connectivity index (χ1v) is 11.6. The highest BCUT2D eigenvalue weighted by Crippen LogP contribution is 2.28. The number of carbonyl (C=O) groups is 1. The van der Waals surface area contributed by atoms with Gasteiger partial charge in [0.25, 0.3) is 0 Å². The number of benzene rings is 3. The van der Waals surface area contributed by atoms with Crippen LogP contribution in [0.4, 0.5) is 16.2 Å². The molecule has 1 saturated carbocycles. The summed E-state index contributed by atoms with van der Waals surface area (Å²) in [6, 6.07) is 22.1. The Kier molecular flexibility index (Phi) is 7.51. The number of carbonyl (C=O) groups excluding carboxylic acids is 1. The van der Waals surface area contributed by atoms with E-state index in [4.69, 9.17) is 28.5 Å². The normalized spacial score (nSPS) is 12.8. The summed E-state index contributed by atoms with van der Waals surface area (Å²) in [6.45, 7) is 2.18. The standard InChI is InChI=1S/C26H24Cl2N4O/c27-22-13-23(28)15-24(14-22)31-26(33)32(11-10-30-17-18-4-5-18)25-8-6-20(7-9-25)21-3-1-2-19(12-21)16-29/h1-3,6-9,12-15,18,30H,4-5,10-11,17H2,(H,31,33). The minimum absolute atomic E-state index is 0.263. The lowest BCUT2D eigenvalue weighted by atomic mass is 10.0. The molecule has 0 radical (unpaired) electrons. The fourth-order valence-electron chi connectivity index (χ4n) is 3.59. The summed E-state index contributed by atoms with van der Waals surface area (Å²) in [4.78, 5) is 14.9. The second kappa shape index (κ2) is 10.7. The van der Waals surface area contributed by atoms with E-state index >= 15 is 0 Å². The Bertz CT molecular complexity index is 1150. The molecule has 2 amide bonds. The molecule has 33 heavy (non-hydrogen) atoms. The number of urea groups is 1. The number of nitrogens with zero attached hydrogens (tertiary/aromatic N) is 2. The summed E-state index contributed by atoms with van der Waals surface area (Å²) in [5.74, 6) is 0.768. The number of hydrogen-bond acceptors (Lipinski definition) is 3. The molecule has 0 unspecified atom stereocenters. The quantitative estimate of drug-likeness (QED) is 0.359. The van der Waals surface area contributed by atoms with Crippen LogP contribution in [0.15, 0.2) is 66.7 Å². The maximum Gasteiger partial charge on any atom is 0.326 e. The Morgan fingerprint density at radius 1 is 1.00 bits per heavy atom. The van der Waals surface area contributed by atoms with Crippen LogP contribution >= 0.6 is 23.2 Å². The van der Waals surface area contributed by atoms with Gasteiger partial charge in [0.05, 0.1) is 11.6 Å². The maximum atomic E-state index is 13.2. The molecule has 7 heteroatoms. The molecule has 2 N–H and O–H groups in total. The minimum Gasteiger partial charge on any atom is -0.315 e. The topological polar surface area (TPSA) is 68.2 Å². The van der Waals surface area contributed by atoms with E-state index in [1.54, 1.807) is 29.2 Å². The third-order valence-electron chi connectivity index (χ3n) is 5.51. The highest BCUT2D eigenvalue weighted by molar-refractivity contribution is 6.35. The number of rotatable bonds is 8. The van der Waals surface area contributed by atoms with E-state index in [1.807, 2.05) is 42.5 Å². The Balaban J connectivity index is 1.52. The average molecular weight is 479 g/mol. The van der Waals surface area contributed by atoms with Gasteiger partial charge in [-0.1, -0.05) is 47.5 Å². The van der Waals surface area contributed by atoms with Crippen molar-refractivity contribution < 1.29 is 4.79 Å². The summed E-state index contributed by atoms with van der Waals surface area (Å²) in [5, 5.41) is 16.4. The van der Waals surface area contributed by atoms with E-state index in [-0.39, 0.29) is 6.03 Å². The van der Waals surface area contributed by atoms with Crippen molar-refractivity contribution in [3.05, 3.63) is 82.3 Å². The van der Waals surface area contributed by atoms with Crippen LogP contribution < -0.4 is 15.5 Å². The number of anilines is 2. The van der Waals surface area contributed by atoms with E-state index in [0.717, 1.165) is 29.3 Å². The molecule has 1 fully saturated rings. The molecule has 3 aromatic carbocycles. The van der Waals surface area contributed by atoms with Crippen molar-refractivity contribution >= 4 is 40.6 Å². The zero-order valence-corrected chi connectivity index (χ0v) is 19.5. The van der Waals surface area contributed by atoms with Crippen LogP contribution in [0.3, 0.4) is 0 Å². The van der Waals surface area contributed by atoms with Gasteiger partial charge in [0.2, 0.25) is 0 Å². The molecule has 5 nitrogen and oxygen atoms in total. The number of nitrogens with one attached hydrogen (secondary N) is 2. The van der Waals surface area contributed by atoms with E-state index in [2.05, 4.69) is 16.7 Å². The van der Waals surface area contributed by atoms with Gasteiger partial charge in [0, 0.05) is 34.5 Å². The summed E-state index contributed by atoms with van der Waals surface area (Å²) in [7, 11) is 0. The molecule has 0 spiro atoms. The fraction of sp³-hybridized carbons (Fsp3) is 0.231. The van der Waals surface area contributed by atoms with Crippen LogP contribution in [-0.2, 0) is 0 Å². The van der Waals surface area contributed by atoms with Gasteiger partial charge in [-0.15, -0.1) is 0 Å². The molecule has 1 aliphatic rings. The van der Waals surface area contributed by atoms with Crippen molar-refractivity contribution in [2.45, 2.75) is 12.8 Å². The summed E-state index contributed by atoms with van der Waals surface area (Å²) >= 11 is 12.2. The maximum absolute atomic E-state index is 13.2. The summed E-state index contributed by atoms with van der Waals surface area (Å²) < 4.78 is 0. The van der Waals surface area contributed by atoms with Gasteiger partial charge in [0.15, 0.2) is 0 Å². The van der Waals surface area contributed by atoms with Crippen LogP contribution in [0.1, 0.15) is 18.4 Å². The smallest absolute Gasteiger partial charge is 0.315 e. The Hall–Kier alpha value is -3.04. The largest absolute Gasteiger partial charge is 0.326 e. The van der Waals surface area contributed by atoms with E-state index in [1.165, 1.54) is 12.8 Å². The lowest BCUT2D eigenvalue weighted by Crippen LogP contribution is -2.40. The first-order chi connectivity index (χ1) is 16.0. The average Bonchev–Trinajstić information content (AvgIpc) is 3.63. The SMILES string of the molecule is N#Cc1cccc(-c2ccc(N(CCNCC3CC3)C(=O)Nc3cc(Cl)cc(Cl)c3)cc2)c1. The predicted octanol–water partition coefficient (Wildman–Crippen LogP) is 6.57. The van der Waals surface area contributed by atoms with Crippen molar-refractivity contribution in [2.75, 3.05) is 29.9 Å². The van der Waals surface area contributed by atoms with E-state index in [9.17, 15) is 4.79 Å². The molecule has 0 atom stereocenters. The molecule has 0 heterocycles. The fourth-order valence-corrected chi connectivity index (χ4v) is 4.11. The van der Waals surface area contributed by atoms with Crippen molar-refractivity contribution in [1.82, 2.24) is 5.32 Å². The monoisotopic (exact) mass is 478 g/mol. The zero-order valence-electron chi connectivity index (χ0n) is 18.0. The van der Waals surface area contributed by atoms with Gasteiger partial charge in [-0.3, -0.25) is 4.90 Å². The van der Waals surface area contributed by atoms with Crippen LogP contribution in [0.25, 0.3) is 11.1 Å². The van der Waals surface area contributed by atoms with Crippen LogP contribution in [0, 0.1) is 17.2 Å². The third kappa shape index (κ3) is 6.49. The van der Waals surface area contributed by atoms with Gasteiger partial charge in [-0.2, -0.15) is 5.26 Å². The number of amides is 2. The van der Waals surface area contributed by atoms with Crippen molar-refractivity contribution in [3.8, 4) is 17.2 Å².